The predicted octanol–water partition coefficient (Wildman–Crippen LogP) is 9.72. The molecule has 3 aromatic carbocycles. The molecule has 0 atom stereocenters. The molecule has 0 radical (unpaired) electrons. The van der Waals surface area contributed by atoms with Crippen LogP contribution in [-0.2, 0) is 21.0 Å². The number of aromatic nitrogens is 2. The number of anilines is 1. The molecule has 3 aliphatic rings. The van der Waals surface area contributed by atoms with E-state index in [1.807, 2.05) is 24.3 Å². The van der Waals surface area contributed by atoms with Gasteiger partial charge >= 0.3 is 0 Å². The minimum atomic E-state index is -4.27. The molecule has 1 N–H and O–H groups in total. The lowest BCUT2D eigenvalue weighted by Crippen LogP contribution is -2.47. The fourth-order valence-electron chi connectivity index (χ4n) is 8.87. The molecule has 1 aliphatic carbocycles. The van der Waals surface area contributed by atoms with Crippen LogP contribution in [0.2, 0.25) is 5.02 Å². The van der Waals surface area contributed by atoms with Gasteiger partial charge in [-0.3, -0.25) is 19.8 Å². The second kappa shape index (κ2) is 18.1. The number of aromatic amines is 1. The number of benzene rings is 3. The van der Waals surface area contributed by atoms with E-state index in [0.29, 0.717) is 42.5 Å². The van der Waals surface area contributed by atoms with Gasteiger partial charge in [0.05, 0.1) is 21.6 Å². The average Bonchev–Trinajstić information content (AvgIpc) is 3.72. The van der Waals surface area contributed by atoms with Crippen LogP contribution in [0.1, 0.15) is 73.9 Å². The highest BCUT2D eigenvalue weighted by Gasteiger charge is 2.31. The number of rotatable bonds is 14. The zero-order chi connectivity index (χ0) is 42.7. The van der Waals surface area contributed by atoms with Crippen LogP contribution in [0.5, 0.6) is 11.5 Å². The lowest BCUT2D eigenvalue weighted by molar-refractivity contribution is -0.385. The maximum Gasteiger partial charge on any atom is 0.273 e. The summed E-state index contributed by atoms with van der Waals surface area (Å²) in [5.41, 5.74) is 6.19. The fraction of sp³-hybridized carbons (Fsp3) is 0.404. The summed E-state index contributed by atoms with van der Waals surface area (Å²) >= 11 is 6.24. The summed E-state index contributed by atoms with van der Waals surface area (Å²) in [6.07, 6.45) is 9.54. The number of nitro groups is 1. The molecule has 14 heteroatoms. The third-order valence-electron chi connectivity index (χ3n) is 12.5. The Hall–Kier alpha value is -5.08. The average molecular weight is 866 g/mol. The Balaban J connectivity index is 1.00. The zero-order valence-corrected chi connectivity index (χ0v) is 36.3. The number of nitrogens with zero attached hydrogens (tertiary/aromatic N) is 4. The van der Waals surface area contributed by atoms with Crippen molar-refractivity contribution in [2.45, 2.75) is 63.7 Å². The number of sulfone groups is 1. The molecule has 320 valence electrons. The summed E-state index contributed by atoms with van der Waals surface area (Å²) in [7, 11) is -4.27. The number of nitro benzene ring substituents is 1. The van der Waals surface area contributed by atoms with Crippen LogP contribution in [0, 0.1) is 21.4 Å². The predicted molar refractivity (Wildman–Crippen MR) is 239 cm³/mol. The summed E-state index contributed by atoms with van der Waals surface area (Å²) < 4.78 is 39.4. The van der Waals surface area contributed by atoms with E-state index in [-0.39, 0.29) is 27.3 Å². The van der Waals surface area contributed by atoms with E-state index in [1.54, 1.807) is 30.6 Å². The molecule has 0 saturated carbocycles. The Bertz CT molecular complexity index is 2560. The second-order valence-electron chi connectivity index (χ2n) is 17.4. The number of ether oxygens (including phenoxy) is 2. The smallest absolute Gasteiger partial charge is 0.273 e. The summed E-state index contributed by atoms with van der Waals surface area (Å²) in [5, 5.41) is 13.7. The highest BCUT2D eigenvalue weighted by atomic mass is 35.5. The van der Waals surface area contributed by atoms with E-state index < -0.39 is 26.3 Å². The number of nitrogens with one attached hydrogen (secondary N) is 1. The van der Waals surface area contributed by atoms with Crippen molar-refractivity contribution in [2.24, 2.45) is 11.3 Å². The van der Waals surface area contributed by atoms with Crippen LogP contribution in [-0.4, -0.2) is 85.7 Å². The lowest BCUT2D eigenvalue weighted by atomic mass is 9.72. The molecule has 0 spiro atoms. The van der Waals surface area contributed by atoms with Gasteiger partial charge in [-0.15, -0.1) is 0 Å². The van der Waals surface area contributed by atoms with Crippen molar-refractivity contribution in [1.82, 2.24) is 14.9 Å². The number of hydrogen-bond donors (Lipinski definition) is 1. The molecule has 2 aromatic heterocycles. The Morgan fingerprint density at radius 2 is 1.79 bits per heavy atom. The van der Waals surface area contributed by atoms with Crippen LogP contribution in [0.4, 0.5) is 11.4 Å². The van der Waals surface area contributed by atoms with E-state index in [4.69, 9.17) is 21.1 Å². The number of pyridine rings is 1. The Labute approximate surface area is 362 Å². The molecule has 2 saturated heterocycles. The van der Waals surface area contributed by atoms with E-state index in [1.165, 1.54) is 28.8 Å². The number of ketones is 1. The molecule has 0 amide bonds. The normalized spacial score (nSPS) is 17.8. The van der Waals surface area contributed by atoms with Gasteiger partial charge in [-0.05, 0) is 110 Å². The number of aryl methyl sites for hydroxylation is 1. The van der Waals surface area contributed by atoms with E-state index >= 15 is 0 Å². The first-order valence-electron chi connectivity index (χ1n) is 21.1. The number of Topliss-reactive ketones (excluding diaryl/α,β-unsaturated/α-hetero) is 1. The molecule has 61 heavy (non-hydrogen) atoms. The molecule has 4 heterocycles. The van der Waals surface area contributed by atoms with Crippen molar-refractivity contribution < 1.29 is 27.6 Å². The number of allylic oxidation sites excluding steroid dienone is 1. The number of halogens is 1. The highest BCUT2D eigenvalue weighted by molar-refractivity contribution is 7.92. The Morgan fingerprint density at radius 1 is 1.02 bits per heavy atom. The molecular formula is C47H52ClN5O7S. The van der Waals surface area contributed by atoms with Gasteiger partial charge in [0, 0.05) is 85.9 Å². The monoisotopic (exact) mass is 865 g/mol. The molecule has 12 nitrogen and oxygen atoms in total. The van der Waals surface area contributed by atoms with E-state index in [2.05, 4.69) is 45.7 Å². The van der Waals surface area contributed by atoms with Crippen LogP contribution >= 0.6 is 11.6 Å². The van der Waals surface area contributed by atoms with Crippen molar-refractivity contribution in [1.29, 1.82) is 0 Å². The standard InChI is InChI=1S/C47H52ClN5O7S/c1-47(2)17-13-36(42(28-47)33-5-8-37(48)9-6-33)30-51-19-21-52(22-20-51)38-10-12-41(45(26-38)60-39-25-35-14-18-49-46(35)50-29-39)44(54)31-61(57,58)40-11-7-34(43(27-40)53(55)56)4-3-32-15-23-59-24-16-32/h5-12,14,18,25-27,29,32H,3-4,13,15-17,19-24,28,30-31H2,1-2H3,(H,49,50). The van der Waals surface area contributed by atoms with Crippen LogP contribution in [0.15, 0.2) is 95.7 Å². The molecular weight excluding hydrogens is 814 g/mol. The number of hydrogen-bond acceptors (Lipinski definition) is 10. The Kier molecular flexibility index (Phi) is 12.6. The van der Waals surface area contributed by atoms with Gasteiger partial charge in [-0.1, -0.05) is 49.2 Å². The largest absolute Gasteiger partial charge is 0.455 e. The highest BCUT2D eigenvalue weighted by Crippen LogP contribution is 2.43. The van der Waals surface area contributed by atoms with Gasteiger partial charge in [-0.2, -0.15) is 0 Å². The topological polar surface area (TPSA) is 148 Å². The first-order chi connectivity index (χ1) is 29.3. The zero-order valence-electron chi connectivity index (χ0n) is 34.7. The van der Waals surface area contributed by atoms with Gasteiger partial charge < -0.3 is 19.4 Å². The quantitative estimate of drug-likeness (QED) is 0.0650. The van der Waals surface area contributed by atoms with E-state index in [0.717, 1.165) is 93.4 Å². The van der Waals surface area contributed by atoms with Crippen molar-refractivity contribution in [2.75, 3.05) is 56.6 Å². The van der Waals surface area contributed by atoms with Crippen LogP contribution in [0.25, 0.3) is 16.6 Å². The Morgan fingerprint density at radius 3 is 2.54 bits per heavy atom. The maximum absolute atomic E-state index is 14.0. The summed E-state index contributed by atoms with van der Waals surface area (Å²) in [6, 6.07) is 21.1. The number of fused-ring (bicyclic) bond motifs is 1. The van der Waals surface area contributed by atoms with Gasteiger partial charge in [-0.25, -0.2) is 13.4 Å². The first-order valence-corrected chi connectivity index (χ1v) is 23.1. The third kappa shape index (κ3) is 10.2. The maximum atomic E-state index is 14.0. The minimum Gasteiger partial charge on any atom is -0.455 e. The molecule has 5 aromatic rings. The fourth-order valence-corrected chi connectivity index (χ4v) is 10.2. The summed E-state index contributed by atoms with van der Waals surface area (Å²) in [4.78, 5) is 37.6. The van der Waals surface area contributed by atoms with Crippen molar-refractivity contribution >= 4 is 55.2 Å². The first kappa shape index (κ1) is 42.6. The van der Waals surface area contributed by atoms with Crippen LogP contribution in [0.3, 0.4) is 0 Å². The second-order valence-corrected chi connectivity index (χ2v) is 19.8. The number of carbonyl (C=O) groups is 1. The summed E-state index contributed by atoms with van der Waals surface area (Å²) in [6.45, 7) is 10.1. The molecule has 8 rings (SSSR count). The van der Waals surface area contributed by atoms with Gasteiger partial charge in [0.2, 0.25) is 0 Å². The minimum absolute atomic E-state index is 0.0876. The van der Waals surface area contributed by atoms with Crippen molar-refractivity contribution in [3.05, 3.63) is 123 Å². The van der Waals surface area contributed by atoms with Gasteiger partial charge in [0.15, 0.2) is 15.6 Å². The van der Waals surface area contributed by atoms with Crippen molar-refractivity contribution in [3.8, 4) is 11.5 Å². The molecule has 0 bridgehead atoms. The number of carbonyl (C=O) groups excluding carboxylic acids is 1. The molecule has 0 unspecified atom stereocenters. The van der Waals surface area contributed by atoms with Gasteiger partial charge in [0.1, 0.15) is 22.9 Å². The number of piperazine rings is 1. The molecule has 2 fully saturated rings. The SMILES string of the molecule is CC1(C)CCC(CN2CCN(c3ccc(C(=O)CS(=O)(=O)c4ccc(CCC5CCOCC5)c([N+](=O)[O-])c4)c(Oc4cnc5[nH]ccc5c4)c3)CC2)=C(c2ccc(Cl)cc2)C1. The van der Waals surface area contributed by atoms with Gasteiger partial charge in [0.25, 0.3) is 5.69 Å². The lowest BCUT2D eigenvalue weighted by Gasteiger charge is -2.39. The third-order valence-corrected chi connectivity index (χ3v) is 14.4. The molecule has 2 aliphatic heterocycles. The van der Waals surface area contributed by atoms with Crippen molar-refractivity contribution in [3.63, 3.8) is 0 Å². The summed E-state index contributed by atoms with van der Waals surface area (Å²) in [5.74, 6) is -0.587. The van der Waals surface area contributed by atoms with E-state index in [9.17, 15) is 23.3 Å². The van der Waals surface area contributed by atoms with Crippen LogP contribution < -0.4 is 9.64 Å². The number of H-pyrrole nitrogens is 1.